The Morgan fingerprint density at radius 3 is 3.23 bits per heavy atom. The lowest BCUT2D eigenvalue weighted by Gasteiger charge is -2.27. The zero-order valence-electron chi connectivity index (χ0n) is 8.16. The molecule has 0 spiro atoms. The van der Waals surface area contributed by atoms with Crippen LogP contribution in [0.2, 0.25) is 0 Å². The van der Waals surface area contributed by atoms with Crippen LogP contribution in [0.25, 0.3) is 0 Å². The third-order valence-corrected chi connectivity index (χ3v) is 2.64. The zero-order valence-corrected chi connectivity index (χ0v) is 8.16. The number of aromatic nitrogens is 1. The van der Waals surface area contributed by atoms with E-state index in [9.17, 15) is 0 Å². The van der Waals surface area contributed by atoms with Crippen LogP contribution in [-0.2, 0) is 13.0 Å². The molecule has 0 N–H and O–H groups in total. The summed E-state index contributed by atoms with van der Waals surface area (Å²) in [5.74, 6) is 0. The topological polar surface area (TPSA) is 16.1 Å². The van der Waals surface area contributed by atoms with Gasteiger partial charge in [-0.05, 0) is 36.6 Å². The number of rotatable bonds is 2. The quantitative estimate of drug-likeness (QED) is 0.683. The van der Waals surface area contributed by atoms with Gasteiger partial charge in [0.15, 0.2) is 0 Å². The average Bonchev–Trinajstić information content (AvgIpc) is 2.18. The van der Waals surface area contributed by atoms with Gasteiger partial charge in [0.2, 0.25) is 0 Å². The lowest BCUT2D eigenvalue weighted by atomic mass is 10.0. The van der Waals surface area contributed by atoms with Crippen LogP contribution in [0, 0.1) is 0 Å². The van der Waals surface area contributed by atoms with Crippen molar-refractivity contribution in [3.05, 3.63) is 29.6 Å². The molecule has 0 unspecified atom stereocenters. The summed E-state index contributed by atoms with van der Waals surface area (Å²) in [5, 5.41) is 0. The third-order valence-electron chi connectivity index (χ3n) is 2.64. The van der Waals surface area contributed by atoms with Gasteiger partial charge in [0, 0.05) is 25.5 Å². The van der Waals surface area contributed by atoms with Crippen LogP contribution in [-0.4, -0.2) is 23.0 Å². The fourth-order valence-electron chi connectivity index (χ4n) is 1.95. The molecule has 70 valence electrons. The molecule has 0 amide bonds. The Morgan fingerprint density at radius 1 is 1.46 bits per heavy atom. The molecule has 0 atom stereocenters. The Kier molecular flexibility index (Phi) is 2.60. The molecule has 0 saturated carbocycles. The zero-order chi connectivity index (χ0) is 9.10. The van der Waals surface area contributed by atoms with Gasteiger partial charge in [-0.15, -0.1) is 0 Å². The van der Waals surface area contributed by atoms with Crippen LogP contribution in [0.5, 0.6) is 0 Å². The minimum atomic E-state index is 1.09. The van der Waals surface area contributed by atoms with Crippen molar-refractivity contribution in [1.29, 1.82) is 0 Å². The van der Waals surface area contributed by atoms with E-state index in [0.29, 0.717) is 0 Å². The predicted molar refractivity (Wildman–Crippen MR) is 53.5 cm³/mol. The third kappa shape index (κ3) is 1.89. The maximum absolute atomic E-state index is 4.17. The highest BCUT2D eigenvalue weighted by Gasteiger charge is 2.14. The van der Waals surface area contributed by atoms with Crippen molar-refractivity contribution in [1.82, 2.24) is 9.88 Å². The second-order valence-corrected chi connectivity index (χ2v) is 3.67. The van der Waals surface area contributed by atoms with Gasteiger partial charge >= 0.3 is 0 Å². The molecule has 1 aromatic rings. The summed E-state index contributed by atoms with van der Waals surface area (Å²) in [6.45, 7) is 5.76. The van der Waals surface area contributed by atoms with Gasteiger partial charge in [-0.1, -0.05) is 6.92 Å². The van der Waals surface area contributed by atoms with Crippen LogP contribution < -0.4 is 0 Å². The first-order valence-electron chi connectivity index (χ1n) is 5.04. The van der Waals surface area contributed by atoms with Crippen LogP contribution in [0.15, 0.2) is 18.5 Å². The highest BCUT2D eigenvalue weighted by Crippen LogP contribution is 2.16. The van der Waals surface area contributed by atoms with Crippen molar-refractivity contribution in [2.75, 3.05) is 13.1 Å². The fraction of sp³-hybridized carbons (Fsp3) is 0.545. The van der Waals surface area contributed by atoms with Gasteiger partial charge in [0.25, 0.3) is 0 Å². The minimum Gasteiger partial charge on any atom is -0.299 e. The maximum Gasteiger partial charge on any atom is 0.0315 e. The van der Waals surface area contributed by atoms with Crippen molar-refractivity contribution < 1.29 is 0 Å². The molecule has 0 saturated heterocycles. The lowest BCUT2D eigenvalue weighted by molar-refractivity contribution is 0.254. The van der Waals surface area contributed by atoms with E-state index in [1.807, 2.05) is 12.4 Å². The first kappa shape index (κ1) is 8.70. The molecular formula is C11H16N2. The van der Waals surface area contributed by atoms with Crippen LogP contribution in [0.3, 0.4) is 0 Å². The van der Waals surface area contributed by atoms with E-state index < -0.39 is 0 Å². The molecule has 13 heavy (non-hydrogen) atoms. The number of fused-ring (bicyclic) bond motifs is 1. The Labute approximate surface area is 79.6 Å². The molecule has 2 heteroatoms. The second-order valence-electron chi connectivity index (χ2n) is 3.67. The highest BCUT2D eigenvalue weighted by atomic mass is 15.1. The SMILES string of the molecule is CCCN1CCc2ccncc2C1. The van der Waals surface area contributed by atoms with Crippen LogP contribution >= 0.6 is 0 Å². The summed E-state index contributed by atoms with van der Waals surface area (Å²) >= 11 is 0. The number of pyridine rings is 1. The van der Waals surface area contributed by atoms with Gasteiger partial charge < -0.3 is 0 Å². The van der Waals surface area contributed by atoms with E-state index in [0.717, 1.165) is 6.54 Å². The van der Waals surface area contributed by atoms with Crippen molar-refractivity contribution >= 4 is 0 Å². The van der Waals surface area contributed by atoms with Gasteiger partial charge in [-0.3, -0.25) is 9.88 Å². The summed E-state index contributed by atoms with van der Waals surface area (Å²) in [7, 11) is 0. The van der Waals surface area contributed by atoms with E-state index in [1.165, 1.54) is 37.1 Å². The molecule has 0 aromatic carbocycles. The molecule has 1 aliphatic rings. The van der Waals surface area contributed by atoms with E-state index in [4.69, 9.17) is 0 Å². The van der Waals surface area contributed by atoms with Gasteiger partial charge in [0.05, 0.1) is 0 Å². The molecule has 0 radical (unpaired) electrons. The Hall–Kier alpha value is -0.890. The molecule has 1 aliphatic heterocycles. The molecule has 2 rings (SSSR count). The molecule has 0 bridgehead atoms. The van der Waals surface area contributed by atoms with Crippen molar-refractivity contribution in [2.24, 2.45) is 0 Å². The summed E-state index contributed by atoms with van der Waals surface area (Å²) in [5.41, 5.74) is 2.91. The number of hydrogen-bond acceptors (Lipinski definition) is 2. The Morgan fingerprint density at radius 2 is 2.38 bits per heavy atom. The summed E-state index contributed by atoms with van der Waals surface area (Å²) in [4.78, 5) is 6.67. The molecular weight excluding hydrogens is 160 g/mol. The standard InChI is InChI=1S/C11H16N2/c1-2-6-13-7-4-10-3-5-12-8-11(10)9-13/h3,5,8H,2,4,6-7,9H2,1H3. The average molecular weight is 176 g/mol. The van der Waals surface area contributed by atoms with E-state index in [1.54, 1.807) is 0 Å². The maximum atomic E-state index is 4.17. The summed E-state index contributed by atoms with van der Waals surface area (Å²) < 4.78 is 0. The predicted octanol–water partition coefficient (Wildman–Crippen LogP) is 1.85. The summed E-state index contributed by atoms with van der Waals surface area (Å²) in [6, 6.07) is 2.15. The Balaban J connectivity index is 2.11. The smallest absolute Gasteiger partial charge is 0.0315 e. The molecule has 2 heterocycles. The van der Waals surface area contributed by atoms with Crippen molar-refractivity contribution in [3.63, 3.8) is 0 Å². The van der Waals surface area contributed by atoms with Crippen molar-refractivity contribution in [2.45, 2.75) is 26.3 Å². The molecule has 1 aromatic heterocycles. The minimum absolute atomic E-state index is 1.09. The first-order valence-corrected chi connectivity index (χ1v) is 5.04. The van der Waals surface area contributed by atoms with E-state index in [-0.39, 0.29) is 0 Å². The molecule has 0 fully saturated rings. The molecule has 2 nitrogen and oxygen atoms in total. The van der Waals surface area contributed by atoms with E-state index >= 15 is 0 Å². The number of hydrogen-bond donors (Lipinski definition) is 0. The summed E-state index contributed by atoms with van der Waals surface area (Å²) in [6.07, 6.45) is 6.35. The van der Waals surface area contributed by atoms with Gasteiger partial charge in [-0.25, -0.2) is 0 Å². The Bertz CT molecular complexity index is 283. The first-order chi connectivity index (χ1) is 6.40. The highest BCUT2D eigenvalue weighted by molar-refractivity contribution is 5.25. The monoisotopic (exact) mass is 176 g/mol. The number of nitrogens with zero attached hydrogens (tertiary/aromatic N) is 2. The van der Waals surface area contributed by atoms with Crippen LogP contribution in [0.4, 0.5) is 0 Å². The van der Waals surface area contributed by atoms with Crippen LogP contribution in [0.1, 0.15) is 24.5 Å². The lowest BCUT2D eigenvalue weighted by Crippen LogP contribution is -2.31. The second kappa shape index (κ2) is 3.88. The normalized spacial score (nSPS) is 17.0. The van der Waals surface area contributed by atoms with Crippen molar-refractivity contribution in [3.8, 4) is 0 Å². The van der Waals surface area contributed by atoms with Gasteiger partial charge in [0.1, 0.15) is 0 Å². The van der Waals surface area contributed by atoms with Gasteiger partial charge in [-0.2, -0.15) is 0 Å². The molecule has 0 aliphatic carbocycles. The van der Waals surface area contributed by atoms with E-state index in [2.05, 4.69) is 22.9 Å². The fourth-order valence-corrected chi connectivity index (χ4v) is 1.95. The largest absolute Gasteiger partial charge is 0.299 e.